The molecule has 0 aliphatic carbocycles. The zero-order valence-electron chi connectivity index (χ0n) is 11.0. The average Bonchev–Trinajstić information content (AvgIpc) is 2.53. The number of amides is 1. The molecule has 0 aliphatic rings. The van der Waals surface area contributed by atoms with Gasteiger partial charge >= 0.3 is 5.97 Å². The van der Waals surface area contributed by atoms with Crippen LogP contribution < -0.4 is 5.32 Å². The van der Waals surface area contributed by atoms with Crippen LogP contribution in [0.3, 0.4) is 0 Å². The molecule has 0 bridgehead atoms. The SMILES string of the molecule is N#Cc1cccc(C(=O)NCc2cccc(C(=O)O)c2)c1. The number of hydrogen-bond donors (Lipinski definition) is 2. The van der Waals surface area contributed by atoms with E-state index in [0.717, 1.165) is 0 Å². The summed E-state index contributed by atoms with van der Waals surface area (Å²) in [7, 11) is 0. The number of carbonyl (C=O) groups excluding carboxylic acids is 1. The number of carbonyl (C=O) groups is 2. The molecule has 0 radical (unpaired) electrons. The van der Waals surface area contributed by atoms with Crippen molar-refractivity contribution in [3.05, 3.63) is 70.8 Å². The van der Waals surface area contributed by atoms with Gasteiger partial charge in [-0.05, 0) is 35.9 Å². The van der Waals surface area contributed by atoms with Crippen molar-refractivity contribution in [2.24, 2.45) is 0 Å². The molecular weight excluding hydrogens is 268 g/mol. The maximum absolute atomic E-state index is 12.0. The zero-order valence-corrected chi connectivity index (χ0v) is 11.0. The fourth-order valence-electron chi connectivity index (χ4n) is 1.83. The summed E-state index contributed by atoms with van der Waals surface area (Å²) < 4.78 is 0. The molecule has 0 aliphatic heterocycles. The van der Waals surface area contributed by atoms with Crippen LogP contribution in [0.5, 0.6) is 0 Å². The quantitative estimate of drug-likeness (QED) is 0.898. The minimum atomic E-state index is -1.01. The summed E-state index contributed by atoms with van der Waals surface area (Å²) in [5.41, 5.74) is 1.67. The van der Waals surface area contributed by atoms with Crippen LogP contribution in [0, 0.1) is 11.3 Å². The molecule has 5 nitrogen and oxygen atoms in total. The van der Waals surface area contributed by atoms with E-state index < -0.39 is 5.97 Å². The van der Waals surface area contributed by atoms with Gasteiger partial charge in [0.15, 0.2) is 0 Å². The minimum Gasteiger partial charge on any atom is -0.478 e. The Hall–Kier alpha value is -3.13. The van der Waals surface area contributed by atoms with Crippen LogP contribution in [-0.2, 0) is 6.54 Å². The highest BCUT2D eigenvalue weighted by Gasteiger charge is 2.07. The highest BCUT2D eigenvalue weighted by Crippen LogP contribution is 2.07. The van der Waals surface area contributed by atoms with Gasteiger partial charge in [0.2, 0.25) is 0 Å². The number of rotatable bonds is 4. The lowest BCUT2D eigenvalue weighted by atomic mass is 10.1. The van der Waals surface area contributed by atoms with Gasteiger partial charge in [-0.25, -0.2) is 4.79 Å². The van der Waals surface area contributed by atoms with E-state index in [4.69, 9.17) is 10.4 Å². The Balaban J connectivity index is 2.05. The third kappa shape index (κ3) is 3.67. The van der Waals surface area contributed by atoms with E-state index in [1.54, 1.807) is 30.3 Å². The number of nitriles is 1. The van der Waals surface area contributed by atoms with Gasteiger partial charge in [0, 0.05) is 12.1 Å². The van der Waals surface area contributed by atoms with E-state index in [9.17, 15) is 9.59 Å². The largest absolute Gasteiger partial charge is 0.478 e. The van der Waals surface area contributed by atoms with Crippen molar-refractivity contribution in [2.45, 2.75) is 6.54 Å². The van der Waals surface area contributed by atoms with Gasteiger partial charge in [-0.15, -0.1) is 0 Å². The number of aromatic carboxylic acids is 1. The van der Waals surface area contributed by atoms with Crippen molar-refractivity contribution >= 4 is 11.9 Å². The van der Waals surface area contributed by atoms with E-state index in [1.807, 2.05) is 6.07 Å². The number of nitrogens with zero attached hydrogens (tertiary/aromatic N) is 1. The monoisotopic (exact) mass is 280 g/mol. The molecule has 2 aromatic rings. The molecule has 2 aromatic carbocycles. The molecular formula is C16H12N2O3. The highest BCUT2D eigenvalue weighted by molar-refractivity contribution is 5.94. The second kappa shape index (κ2) is 6.35. The molecule has 0 heterocycles. The average molecular weight is 280 g/mol. The maximum Gasteiger partial charge on any atom is 0.335 e. The molecule has 5 heteroatoms. The van der Waals surface area contributed by atoms with Gasteiger partial charge in [0.25, 0.3) is 5.91 Å². The number of nitrogens with one attached hydrogen (secondary N) is 1. The molecule has 0 atom stereocenters. The van der Waals surface area contributed by atoms with Gasteiger partial charge in [-0.3, -0.25) is 4.79 Å². The van der Waals surface area contributed by atoms with Crippen LogP contribution in [0.4, 0.5) is 0 Å². The van der Waals surface area contributed by atoms with E-state index >= 15 is 0 Å². The Morgan fingerprint density at radius 2 is 1.81 bits per heavy atom. The predicted molar refractivity (Wildman–Crippen MR) is 75.7 cm³/mol. The predicted octanol–water partition coefficient (Wildman–Crippen LogP) is 2.19. The van der Waals surface area contributed by atoms with Crippen LogP contribution in [0.25, 0.3) is 0 Å². The van der Waals surface area contributed by atoms with Crippen LogP contribution in [0.1, 0.15) is 31.8 Å². The molecule has 104 valence electrons. The zero-order chi connectivity index (χ0) is 15.2. The van der Waals surface area contributed by atoms with Crippen LogP contribution in [0.15, 0.2) is 48.5 Å². The molecule has 0 aromatic heterocycles. The number of carboxylic acids is 1. The fourth-order valence-corrected chi connectivity index (χ4v) is 1.83. The first-order valence-corrected chi connectivity index (χ1v) is 6.21. The van der Waals surface area contributed by atoms with Crippen molar-refractivity contribution in [3.63, 3.8) is 0 Å². The summed E-state index contributed by atoms with van der Waals surface area (Å²) in [6.45, 7) is 0.219. The van der Waals surface area contributed by atoms with Crippen molar-refractivity contribution < 1.29 is 14.7 Å². The summed E-state index contributed by atoms with van der Waals surface area (Å²) in [5, 5.41) is 20.4. The second-order valence-corrected chi connectivity index (χ2v) is 4.38. The molecule has 2 N–H and O–H groups in total. The summed E-state index contributed by atoms with van der Waals surface area (Å²) in [6, 6.07) is 14.7. The Bertz CT molecular complexity index is 732. The summed E-state index contributed by atoms with van der Waals surface area (Å²) in [6.07, 6.45) is 0. The van der Waals surface area contributed by atoms with Crippen molar-refractivity contribution in [1.82, 2.24) is 5.32 Å². The van der Waals surface area contributed by atoms with Gasteiger partial charge < -0.3 is 10.4 Å². The first-order chi connectivity index (χ1) is 10.1. The Morgan fingerprint density at radius 3 is 2.52 bits per heavy atom. The molecule has 1 amide bonds. The molecule has 0 unspecified atom stereocenters. The summed E-state index contributed by atoms with van der Waals surface area (Å²) in [5.74, 6) is -1.32. The Kier molecular flexibility index (Phi) is 4.32. The summed E-state index contributed by atoms with van der Waals surface area (Å²) >= 11 is 0. The third-order valence-corrected chi connectivity index (χ3v) is 2.88. The highest BCUT2D eigenvalue weighted by atomic mass is 16.4. The lowest BCUT2D eigenvalue weighted by Crippen LogP contribution is -2.22. The smallest absolute Gasteiger partial charge is 0.335 e. The summed E-state index contributed by atoms with van der Waals surface area (Å²) in [4.78, 5) is 22.8. The lowest BCUT2D eigenvalue weighted by molar-refractivity contribution is 0.0696. The van der Waals surface area contributed by atoms with Gasteiger partial charge in [0.1, 0.15) is 0 Å². The van der Waals surface area contributed by atoms with E-state index in [2.05, 4.69) is 5.32 Å². The minimum absolute atomic E-state index is 0.174. The molecule has 21 heavy (non-hydrogen) atoms. The standard InChI is InChI=1S/C16H12N2O3/c17-9-11-3-1-5-13(7-11)15(19)18-10-12-4-2-6-14(8-12)16(20)21/h1-8H,10H2,(H,18,19)(H,20,21). The normalized spacial score (nSPS) is 9.67. The second-order valence-electron chi connectivity index (χ2n) is 4.38. The fraction of sp³-hybridized carbons (Fsp3) is 0.0625. The number of hydrogen-bond acceptors (Lipinski definition) is 3. The molecule has 2 rings (SSSR count). The van der Waals surface area contributed by atoms with Crippen LogP contribution in [-0.4, -0.2) is 17.0 Å². The topological polar surface area (TPSA) is 90.2 Å². The van der Waals surface area contributed by atoms with E-state index in [1.165, 1.54) is 18.2 Å². The van der Waals surface area contributed by atoms with Crippen molar-refractivity contribution in [2.75, 3.05) is 0 Å². The van der Waals surface area contributed by atoms with Crippen molar-refractivity contribution in [3.8, 4) is 6.07 Å². The molecule has 0 saturated carbocycles. The maximum atomic E-state index is 12.0. The van der Waals surface area contributed by atoms with Crippen LogP contribution in [0.2, 0.25) is 0 Å². The van der Waals surface area contributed by atoms with Gasteiger partial charge in [0.05, 0.1) is 17.2 Å². The molecule has 0 saturated heterocycles. The molecule has 0 fully saturated rings. The first kappa shape index (κ1) is 14.3. The third-order valence-electron chi connectivity index (χ3n) is 2.88. The van der Waals surface area contributed by atoms with Crippen LogP contribution >= 0.6 is 0 Å². The number of benzene rings is 2. The number of carboxylic acid groups (broad SMARTS) is 1. The van der Waals surface area contributed by atoms with Gasteiger partial charge in [-0.2, -0.15) is 5.26 Å². The first-order valence-electron chi connectivity index (χ1n) is 6.21. The van der Waals surface area contributed by atoms with E-state index in [0.29, 0.717) is 16.7 Å². The van der Waals surface area contributed by atoms with Gasteiger partial charge in [-0.1, -0.05) is 18.2 Å². The van der Waals surface area contributed by atoms with E-state index in [-0.39, 0.29) is 18.0 Å². The Labute approximate surface area is 121 Å². The lowest BCUT2D eigenvalue weighted by Gasteiger charge is -2.06. The van der Waals surface area contributed by atoms with Crippen molar-refractivity contribution in [1.29, 1.82) is 5.26 Å². The Morgan fingerprint density at radius 1 is 1.10 bits per heavy atom. The molecule has 0 spiro atoms.